The molecule has 0 fully saturated rings. The predicted octanol–water partition coefficient (Wildman–Crippen LogP) is -0.637. The lowest BCUT2D eigenvalue weighted by Crippen LogP contribution is -2.24. The van der Waals surface area contributed by atoms with Crippen molar-refractivity contribution in [1.82, 2.24) is 0 Å². The number of aliphatic hydroxyl groups is 1. The summed E-state index contributed by atoms with van der Waals surface area (Å²) in [6.45, 7) is 1.68. The summed E-state index contributed by atoms with van der Waals surface area (Å²) < 4.78 is 4.36. The number of esters is 1. The fraction of sp³-hybridized carbons (Fsp3) is 0.667. The highest BCUT2D eigenvalue weighted by molar-refractivity contribution is 5.66. The van der Waals surface area contributed by atoms with Crippen LogP contribution in [0, 0.1) is 0 Å². The van der Waals surface area contributed by atoms with Crippen LogP contribution in [-0.4, -0.2) is 29.9 Å². The second-order valence-electron chi connectivity index (χ2n) is 1.89. The molecule has 0 saturated heterocycles. The Morgan fingerprint density at radius 1 is 1.33 bits per heavy atom. The minimum Gasteiger partial charge on any atom is -0.429 e. The van der Waals surface area contributed by atoms with Crippen molar-refractivity contribution in [2.75, 3.05) is 6.61 Å². The summed E-state index contributed by atoms with van der Waals surface area (Å²) in [6, 6.07) is 0. The van der Waals surface area contributed by atoms with E-state index in [-0.39, 0.29) is 0 Å². The fourth-order valence-electron chi connectivity index (χ4n) is 0.394. The van der Waals surface area contributed by atoms with Crippen molar-refractivity contribution < 1.29 is 29.2 Å². The highest BCUT2D eigenvalue weighted by Gasteiger charge is 2.13. The van der Waals surface area contributed by atoms with Gasteiger partial charge in [-0.2, -0.15) is 0 Å². The predicted molar refractivity (Wildman–Crippen MR) is 35.5 cm³/mol. The summed E-state index contributed by atoms with van der Waals surface area (Å²) >= 11 is 0. The van der Waals surface area contributed by atoms with Crippen LogP contribution < -0.4 is 0 Å². The molecule has 0 spiro atoms. The molecule has 0 rings (SSSR count). The topological polar surface area (TPSA) is 82.1 Å². The average molecular weight is 178 g/mol. The van der Waals surface area contributed by atoms with Crippen molar-refractivity contribution in [3.63, 3.8) is 0 Å². The Morgan fingerprint density at radius 3 is 2.25 bits per heavy atom. The molecule has 0 saturated carbocycles. The number of hydrogen-bond donors (Lipinski definition) is 1. The second-order valence-corrected chi connectivity index (χ2v) is 1.89. The molecule has 0 aromatic rings. The molecule has 0 heterocycles. The summed E-state index contributed by atoms with van der Waals surface area (Å²) in [5.41, 5.74) is 0. The number of rotatable bonds is 4. The second kappa shape index (κ2) is 5.50. The molecular formula is C6H10O6. The smallest absolute Gasteiger partial charge is 0.339 e. The Hall–Kier alpha value is -1.14. The molecule has 6 heteroatoms. The van der Waals surface area contributed by atoms with Gasteiger partial charge in [0.15, 0.2) is 0 Å². The summed E-state index contributed by atoms with van der Waals surface area (Å²) in [6.07, 6.45) is -1.26. The maximum atomic E-state index is 10.3. The molecule has 0 aliphatic carbocycles. The molecule has 70 valence electrons. The van der Waals surface area contributed by atoms with E-state index in [1.165, 1.54) is 0 Å². The van der Waals surface area contributed by atoms with E-state index in [0.717, 1.165) is 13.8 Å². The van der Waals surface area contributed by atoms with E-state index in [4.69, 9.17) is 5.11 Å². The van der Waals surface area contributed by atoms with Gasteiger partial charge in [-0.3, -0.25) is 9.68 Å². The molecule has 0 radical (unpaired) electrons. The molecule has 0 aliphatic rings. The zero-order valence-corrected chi connectivity index (χ0v) is 6.77. The van der Waals surface area contributed by atoms with Crippen LogP contribution >= 0.6 is 0 Å². The van der Waals surface area contributed by atoms with E-state index in [2.05, 4.69) is 14.5 Å². The van der Waals surface area contributed by atoms with Crippen LogP contribution in [0.1, 0.15) is 13.8 Å². The van der Waals surface area contributed by atoms with Gasteiger partial charge < -0.3 is 9.84 Å². The number of hydrogen-bond acceptors (Lipinski definition) is 6. The molecule has 0 aliphatic heterocycles. The Morgan fingerprint density at radius 2 is 1.92 bits per heavy atom. The van der Waals surface area contributed by atoms with Gasteiger partial charge in [0, 0.05) is 13.8 Å². The molecule has 0 aromatic carbocycles. The minimum absolute atomic E-state index is 0.577. The van der Waals surface area contributed by atoms with Gasteiger partial charge in [0.2, 0.25) is 0 Å². The average Bonchev–Trinajstić information content (AvgIpc) is 1.97. The molecule has 1 N–H and O–H groups in total. The first kappa shape index (κ1) is 10.9. The van der Waals surface area contributed by atoms with Gasteiger partial charge in [-0.15, -0.1) is 4.89 Å². The highest BCUT2D eigenvalue weighted by atomic mass is 17.2. The lowest BCUT2D eigenvalue weighted by atomic mass is 10.7. The molecule has 1 unspecified atom stereocenters. The first-order valence-electron chi connectivity index (χ1n) is 3.18. The van der Waals surface area contributed by atoms with Crippen molar-refractivity contribution in [3.05, 3.63) is 0 Å². The molecule has 0 aromatic heterocycles. The largest absolute Gasteiger partial charge is 0.429 e. The number of carbonyl (C=O) groups excluding carboxylic acids is 2. The van der Waals surface area contributed by atoms with E-state index < -0.39 is 24.8 Å². The molecule has 0 amide bonds. The van der Waals surface area contributed by atoms with Crippen LogP contribution in [0.5, 0.6) is 0 Å². The van der Waals surface area contributed by atoms with E-state index >= 15 is 0 Å². The van der Waals surface area contributed by atoms with Crippen LogP contribution in [0.2, 0.25) is 0 Å². The van der Waals surface area contributed by atoms with Gasteiger partial charge in [-0.1, -0.05) is 0 Å². The molecule has 12 heavy (non-hydrogen) atoms. The number of carbonyl (C=O) groups is 2. The monoisotopic (exact) mass is 178 g/mol. The van der Waals surface area contributed by atoms with Crippen LogP contribution in [0.15, 0.2) is 0 Å². The van der Waals surface area contributed by atoms with Gasteiger partial charge >= 0.3 is 11.9 Å². The maximum absolute atomic E-state index is 10.3. The normalized spacial score (nSPS) is 11.9. The van der Waals surface area contributed by atoms with Gasteiger partial charge in [0.05, 0.1) is 0 Å². The molecule has 0 bridgehead atoms. The zero-order valence-electron chi connectivity index (χ0n) is 6.77. The quantitative estimate of drug-likeness (QED) is 0.267. The summed E-state index contributed by atoms with van der Waals surface area (Å²) in [5, 5.41) is 8.49. The van der Waals surface area contributed by atoms with Crippen molar-refractivity contribution in [2.45, 2.75) is 20.1 Å². The third-order valence-electron chi connectivity index (χ3n) is 0.719. The lowest BCUT2D eigenvalue weighted by Gasteiger charge is -2.11. The first-order valence-corrected chi connectivity index (χ1v) is 3.18. The van der Waals surface area contributed by atoms with E-state index in [0.29, 0.717) is 0 Å². The third kappa shape index (κ3) is 5.63. The van der Waals surface area contributed by atoms with Crippen molar-refractivity contribution in [3.8, 4) is 0 Å². The van der Waals surface area contributed by atoms with Gasteiger partial charge in [-0.25, -0.2) is 4.79 Å². The van der Waals surface area contributed by atoms with Gasteiger partial charge in [-0.05, 0) is 0 Å². The molecule has 6 nitrogen and oxygen atoms in total. The Kier molecular flexibility index (Phi) is 4.98. The molecular weight excluding hydrogens is 168 g/mol. The van der Waals surface area contributed by atoms with Crippen molar-refractivity contribution in [1.29, 1.82) is 0 Å². The van der Waals surface area contributed by atoms with E-state index in [9.17, 15) is 9.59 Å². The Balaban J connectivity index is 3.67. The zero-order chi connectivity index (χ0) is 9.56. The third-order valence-corrected chi connectivity index (χ3v) is 0.719. The summed E-state index contributed by atoms with van der Waals surface area (Å²) in [7, 11) is 0. The van der Waals surface area contributed by atoms with Crippen molar-refractivity contribution in [2.24, 2.45) is 0 Å². The van der Waals surface area contributed by atoms with E-state index in [1.54, 1.807) is 0 Å². The SMILES string of the molecule is CC(=O)OOC(CO)OC(C)=O. The maximum Gasteiger partial charge on any atom is 0.339 e. The first-order chi connectivity index (χ1) is 5.56. The van der Waals surface area contributed by atoms with Gasteiger partial charge in [0.1, 0.15) is 6.61 Å². The Labute approximate surface area is 69.0 Å². The fourth-order valence-corrected chi connectivity index (χ4v) is 0.394. The van der Waals surface area contributed by atoms with E-state index in [1.807, 2.05) is 0 Å². The van der Waals surface area contributed by atoms with Crippen LogP contribution in [0.25, 0.3) is 0 Å². The minimum atomic E-state index is -1.26. The molecule has 1 atom stereocenters. The summed E-state index contributed by atoms with van der Waals surface area (Å²) in [5.74, 6) is -1.33. The van der Waals surface area contributed by atoms with Crippen molar-refractivity contribution >= 4 is 11.9 Å². The standard InChI is InChI=1S/C6H10O6/c1-4(8)10-6(3-7)12-11-5(2)9/h6-7H,3H2,1-2H3. The number of aliphatic hydroxyl groups excluding tert-OH is 1. The van der Waals surface area contributed by atoms with Crippen LogP contribution in [0.3, 0.4) is 0 Å². The van der Waals surface area contributed by atoms with Crippen LogP contribution in [0.4, 0.5) is 0 Å². The van der Waals surface area contributed by atoms with Crippen LogP contribution in [-0.2, 0) is 24.1 Å². The highest BCUT2D eigenvalue weighted by Crippen LogP contribution is 1.95. The lowest BCUT2D eigenvalue weighted by molar-refractivity contribution is -0.348. The van der Waals surface area contributed by atoms with Gasteiger partial charge in [0.25, 0.3) is 6.29 Å². The number of ether oxygens (including phenoxy) is 1. The summed E-state index contributed by atoms with van der Waals surface area (Å²) in [4.78, 5) is 28.7. The Bertz CT molecular complexity index is 165.